The van der Waals surface area contributed by atoms with Crippen molar-refractivity contribution < 1.29 is 44.9 Å². The van der Waals surface area contributed by atoms with Gasteiger partial charge in [-0.05, 0) is 64.2 Å². The van der Waals surface area contributed by atoms with Crippen LogP contribution in [0.5, 0.6) is 0 Å². The first kappa shape index (κ1) is 45.9. The van der Waals surface area contributed by atoms with Gasteiger partial charge < -0.3 is 45.4 Å². The first-order valence-electron chi connectivity index (χ1n) is 19.1. The molecule has 50 heavy (non-hydrogen) atoms. The minimum atomic E-state index is -1.62. The second-order valence-corrected chi connectivity index (χ2v) is 13.2. The average molecular weight is 708 g/mol. The van der Waals surface area contributed by atoms with Crippen LogP contribution in [0.3, 0.4) is 0 Å². The molecule has 0 aromatic carbocycles. The number of allylic oxidation sites excluding steroid dienone is 9. The van der Waals surface area contributed by atoms with Gasteiger partial charge in [0, 0.05) is 0 Å². The summed E-state index contributed by atoms with van der Waals surface area (Å²) < 4.78 is 11.0. The number of aliphatic hydroxyl groups is 6. The fourth-order valence-electron chi connectivity index (χ4n) is 5.42. The van der Waals surface area contributed by atoms with Gasteiger partial charge in [-0.15, -0.1) is 0 Å². The van der Waals surface area contributed by atoms with Crippen molar-refractivity contribution in [1.29, 1.82) is 0 Å². The van der Waals surface area contributed by atoms with Gasteiger partial charge in [0.1, 0.15) is 30.5 Å². The van der Waals surface area contributed by atoms with Crippen LogP contribution in [0.1, 0.15) is 123 Å². The van der Waals surface area contributed by atoms with Gasteiger partial charge in [0.05, 0.1) is 25.4 Å². The Morgan fingerprint density at radius 3 is 1.90 bits per heavy atom. The molecule has 0 spiro atoms. The number of amides is 1. The molecule has 1 fully saturated rings. The molecule has 0 aromatic heterocycles. The van der Waals surface area contributed by atoms with Crippen LogP contribution in [0, 0.1) is 0 Å². The van der Waals surface area contributed by atoms with E-state index in [1.54, 1.807) is 12.2 Å². The summed E-state index contributed by atoms with van der Waals surface area (Å²) in [5, 5.41) is 64.2. The molecule has 1 heterocycles. The summed E-state index contributed by atoms with van der Waals surface area (Å²) in [7, 11) is 0. The van der Waals surface area contributed by atoms with Crippen LogP contribution in [0.4, 0.5) is 0 Å². The fourth-order valence-corrected chi connectivity index (χ4v) is 5.42. The van der Waals surface area contributed by atoms with Crippen molar-refractivity contribution in [1.82, 2.24) is 5.32 Å². The largest absolute Gasteiger partial charge is 0.394 e. The molecule has 10 nitrogen and oxygen atoms in total. The van der Waals surface area contributed by atoms with Crippen molar-refractivity contribution >= 4 is 5.91 Å². The second-order valence-electron chi connectivity index (χ2n) is 13.2. The topological polar surface area (TPSA) is 169 Å². The molecule has 288 valence electrons. The highest BCUT2D eigenvalue weighted by Crippen LogP contribution is 2.22. The Hall–Kier alpha value is -2.15. The van der Waals surface area contributed by atoms with E-state index in [1.165, 1.54) is 19.3 Å². The standard InChI is InChI=1S/C40H69NO9/c1-3-5-7-9-11-13-15-16-17-19-21-23-25-27-29-34(44)39(48)41-32(31-49-40-38(47)37(46)36(45)35(30-42)50-40)33(43)28-26-24-22-20-18-14-12-10-8-6-4-2/h8,10-11,13,15-16,18,20,26,28,32-38,40,42-47H,3-7,9,12,14,17,19,21-25,27,29-31H2,1-2H3,(H,41,48)/b10-8+,13-11-,16-15-,20-18+,28-26+. The summed E-state index contributed by atoms with van der Waals surface area (Å²) in [5.74, 6) is -0.649. The Labute approximate surface area is 301 Å². The van der Waals surface area contributed by atoms with E-state index < -0.39 is 61.5 Å². The van der Waals surface area contributed by atoms with Crippen LogP contribution in [0.15, 0.2) is 60.8 Å². The van der Waals surface area contributed by atoms with E-state index in [0.717, 1.165) is 70.6 Å². The van der Waals surface area contributed by atoms with Crippen LogP contribution in [-0.4, -0.2) is 98.7 Å². The molecular weight excluding hydrogens is 638 g/mol. The van der Waals surface area contributed by atoms with E-state index in [9.17, 15) is 35.4 Å². The fraction of sp³-hybridized carbons (Fsp3) is 0.725. The normalized spacial score (nSPS) is 23.6. The number of ether oxygens (including phenoxy) is 2. The summed E-state index contributed by atoms with van der Waals surface area (Å²) in [4.78, 5) is 12.9. The number of carbonyl (C=O) groups is 1. The number of nitrogens with one attached hydrogen (secondary N) is 1. The van der Waals surface area contributed by atoms with Gasteiger partial charge in [-0.2, -0.15) is 0 Å². The van der Waals surface area contributed by atoms with Gasteiger partial charge in [0.2, 0.25) is 5.91 Å². The zero-order valence-electron chi connectivity index (χ0n) is 30.7. The molecule has 0 saturated carbocycles. The smallest absolute Gasteiger partial charge is 0.249 e. The Kier molecular flexibility index (Phi) is 28.0. The quantitative estimate of drug-likeness (QED) is 0.0303. The zero-order chi connectivity index (χ0) is 36.8. The predicted octanol–water partition coefficient (Wildman–Crippen LogP) is 5.46. The maximum atomic E-state index is 12.9. The molecule has 1 saturated heterocycles. The molecule has 0 aliphatic carbocycles. The monoisotopic (exact) mass is 707 g/mol. The molecule has 1 aliphatic rings. The third-order valence-electron chi connectivity index (χ3n) is 8.66. The van der Waals surface area contributed by atoms with Crippen LogP contribution in [0.25, 0.3) is 0 Å². The lowest BCUT2D eigenvalue weighted by Gasteiger charge is -2.40. The van der Waals surface area contributed by atoms with Crippen molar-refractivity contribution in [2.24, 2.45) is 0 Å². The number of hydrogen-bond acceptors (Lipinski definition) is 9. The molecule has 0 radical (unpaired) electrons. The Bertz CT molecular complexity index is 980. The second kappa shape index (κ2) is 30.5. The highest BCUT2D eigenvalue weighted by molar-refractivity contribution is 5.80. The van der Waals surface area contributed by atoms with Crippen LogP contribution in [0.2, 0.25) is 0 Å². The summed E-state index contributed by atoms with van der Waals surface area (Å²) in [6.07, 6.45) is 27.4. The SMILES string of the molecule is CCC/C=C/CC/C=C/CC/C=C/C(O)C(COC1OC(CO)C(O)C(O)C1O)NC(=O)C(O)CCCCCCC/C=C\C=C/CCCCC. The molecule has 0 bridgehead atoms. The van der Waals surface area contributed by atoms with Crippen molar-refractivity contribution in [3.05, 3.63) is 60.8 Å². The third-order valence-corrected chi connectivity index (χ3v) is 8.66. The summed E-state index contributed by atoms with van der Waals surface area (Å²) >= 11 is 0. The number of rotatable bonds is 29. The summed E-state index contributed by atoms with van der Waals surface area (Å²) in [6, 6.07) is -1.01. The lowest BCUT2D eigenvalue weighted by atomic mass is 9.99. The van der Waals surface area contributed by atoms with Crippen LogP contribution >= 0.6 is 0 Å². The minimum Gasteiger partial charge on any atom is -0.394 e. The maximum Gasteiger partial charge on any atom is 0.249 e. The van der Waals surface area contributed by atoms with Gasteiger partial charge in [0.25, 0.3) is 0 Å². The molecule has 8 atom stereocenters. The number of unbranched alkanes of at least 4 members (excludes halogenated alkanes) is 11. The Morgan fingerprint density at radius 2 is 1.28 bits per heavy atom. The van der Waals surface area contributed by atoms with Crippen LogP contribution < -0.4 is 5.32 Å². The van der Waals surface area contributed by atoms with E-state index in [-0.39, 0.29) is 13.0 Å². The Balaban J connectivity index is 2.57. The van der Waals surface area contributed by atoms with Crippen molar-refractivity contribution in [3.8, 4) is 0 Å². The summed E-state index contributed by atoms with van der Waals surface area (Å²) in [5.41, 5.74) is 0. The highest BCUT2D eigenvalue weighted by atomic mass is 16.7. The number of aliphatic hydroxyl groups excluding tert-OH is 6. The molecule has 1 amide bonds. The first-order valence-corrected chi connectivity index (χ1v) is 19.1. The zero-order valence-corrected chi connectivity index (χ0v) is 30.7. The van der Waals surface area contributed by atoms with E-state index in [2.05, 4.69) is 67.8 Å². The highest BCUT2D eigenvalue weighted by Gasteiger charge is 2.44. The van der Waals surface area contributed by atoms with Crippen LogP contribution in [-0.2, 0) is 14.3 Å². The molecule has 1 rings (SSSR count). The number of carbonyl (C=O) groups excluding carboxylic acids is 1. The third kappa shape index (κ3) is 21.3. The maximum absolute atomic E-state index is 12.9. The molecule has 7 N–H and O–H groups in total. The molecule has 0 aromatic rings. The minimum absolute atomic E-state index is 0.279. The lowest BCUT2D eigenvalue weighted by Crippen LogP contribution is -2.60. The van der Waals surface area contributed by atoms with E-state index in [0.29, 0.717) is 12.8 Å². The molecule has 8 unspecified atom stereocenters. The number of hydrogen-bond donors (Lipinski definition) is 7. The predicted molar refractivity (Wildman–Crippen MR) is 199 cm³/mol. The van der Waals surface area contributed by atoms with Crippen molar-refractivity contribution in [2.45, 2.75) is 172 Å². The van der Waals surface area contributed by atoms with E-state index in [1.807, 2.05) is 0 Å². The molecule has 1 aliphatic heterocycles. The van der Waals surface area contributed by atoms with Gasteiger partial charge in [-0.1, -0.05) is 120 Å². The first-order chi connectivity index (χ1) is 24.3. The molecule has 10 heteroatoms. The van der Waals surface area contributed by atoms with Crippen molar-refractivity contribution in [2.75, 3.05) is 13.2 Å². The summed E-state index contributed by atoms with van der Waals surface area (Å²) in [6.45, 7) is 3.42. The lowest BCUT2D eigenvalue weighted by molar-refractivity contribution is -0.302. The van der Waals surface area contributed by atoms with Gasteiger partial charge in [-0.3, -0.25) is 4.79 Å². The Morgan fingerprint density at radius 1 is 0.700 bits per heavy atom. The van der Waals surface area contributed by atoms with E-state index >= 15 is 0 Å². The average Bonchev–Trinajstić information content (AvgIpc) is 3.11. The van der Waals surface area contributed by atoms with E-state index in [4.69, 9.17) is 9.47 Å². The van der Waals surface area contributed by atoms with Gasteiger partial charge in [-0.25, -0.2) is 0 Å². The van der Waals surface area contributed by atoms with Crippen molar-refractivity contribution in [3.63, 3.8) is 0 Å². The van der Waals surface area contributed by atoms with Gasteiger partial charge >= 0.3 is 0 Å². The van der Waals surface area contributed by atoms with Gasteiger partial charge in [0.15, 0.2) is 6.29 Å². The molecular formula is C40H69NO9.